The molecule has 0 bridgehead atoms. The van der Waals surface area contributed by atoms with Crippen LogP contribution < -0.4 is 10.2 Å². The van der Waals surface area contributed by atoms with Gasteiger partial charge in [-0.2, -0.15) is 0 Å². The van der Waals surface area contributed by atoms with Gasteiger partial charge in [-0.1, -0.05) is 30.3 Å². The Labute approximate surface area is 150 Å². The average Bonchev–Trinajstić information content (AvgIpc) is 3.19. The summed E-state index contributed by atoms with van der Waals surface area (Å²) in [6, 6.07) is 15.5. The number of rotatable bonds is 3. The number of para-hydroxylation sites is 2. The quantitative estimate of drug-likeness (QED) is 0.751. The summed E-state index contributed by atoms with van der Waals surface area (Å²) in [4.78, 5) is 27.4. The first-order valence-corrected chi connectivity index (χ1v) is 9.15. The molecule has 1 saturated heterocycles. The number of carbonyl (C=O) groups is 2. The highest BCUT2D eigenvalue weighted by atomic mass is 32.1. The first-order valence-electron chi connectivity index (χ1n) is 8.34. The summed E-state index contributed by atoms with van der Waals surface area (Å²) in [5.41, 5.74) is 2.45. The molecule has 4 nitrogen and oxygen atoms in total. The predicted molar refractivity (Wildman–Crippen MR) is 103 cm³/mol. The third-order valence-corrected chi connectivity index (χ3v) is 5.84. The van der Waals surface area contributed by atoms with Gasteiger partial charge in [-0.25, -0.2) is 0 Å². The summed E-state index contributed by atoms with van der Waals surface area (Å²) in [6.07, 6.45) is 1.42. The van der Waals surface area contributed by atoms with Crippen LogP contribution in [0.15, 0.2) is 48.5 Å². The van der Waals surface area contributed by atoms with Crippen molar-refractivity contribution in [3.63, 3.8) is 0 Å². The molecule has 1 N–H and O–H groups in total. The zero-order valence-electron chi connectivity index (χ0n) is 13.9. The number of fused-ring (bicyclic) bond motifs is 1. The van der Waals surface area contributed by atoms with Crippen molar-refractivity contribution in [1.29, 1.82) is 0 Å². The van der Waals surface area contributed by atoms with E-state index in [1.165, 1.54) is 11.3 Å². The lowest BCUT2D eigenvalue weighted by Crippen LogP contribution is -2.25. The number of hydrogen-bond acceptors (Lipinski definition) is 3. The van der Waals surface area contributed by atoms with E-state index in [4.69, 9.17) is 0 Å². The molecule has 1 aromatic heterocycles. The Morgan fingerprint density at radius 3 is 2.64 bits per heavy atom. The summed E-state index contributed by atoms with van der Waals surface area (Å²) < 4.78 is 1.10. The Bertz CT molecular complexity index is 977. The molecular weight excluding hydrogens is 332 g/mol. The maximum atomic E-state index is 12.8. The minimum absolute atomic E-state index is 0.111. The highest BCUT2D eigenvalue weighted by Gasteiger charge is 2.25. The van der Waals surface area contributed by atoms with Crippen molar-refractivity contribution in [2.45, 2.75) is 19.8 Å². The Morgan fingerprint density at radius 2 is 1.88 bits per heavy atom. The minimum Gasteiger partial charge on any atom is -0.319 e. The molecule has 126 valence electrons. The van der Waals surface area contributed by atoms with Crippen LogP contribution in [0.3, 0.4) is 0 Å². The Balaban J connectivity index is 1.67. The van der Waals surface area contributed by atoms with Crippen molar-refractivity contribution in [2.24, 2.45) is 0 Å². The molecule has 4 rings (SSSR count). The largest absolute Gasteiger partial charge is 0.319 e. The van der Waals surface area contributed by atoms with Crippen LogP contribution >= 0.6 is 11.3 Å². The van der Waals surface area contributed by atoms with Crippen LogP contribution in [0, 0.1) is 6.92 Å². The van der Waals surface area contributed by atoms with Gasteiger partial charge in [-0.15, -0.1) is 11.3 Å². The zero-order valence-corrected chi connectivity index (χ0v) is 14.7. The summed E-state index contributed by atoms with van der Waals surface area (Å²) in [6.45, 7) is 2.68. The van der Waals surface area contributed by atoms with Gasteiger partial charge < -0.3 is 10.2 Å². The number of nitrogens with one attached hydrogen (secondary N) is 1. The smallest absolute Gasteiger partial charge is 0.266 e. The van der Waals surface area contributed by atoms with E-state index in [-0.39, 0.29) is 11.8 Å². The van der Waals surface area contributed by atoms with Gasteiger partial charge in [0.15, 0.2) is 0 Å². The number of aryl methyl sites for hydroxylation is 1. The molecule has 0 saturated carbocycles. The van der Waals surface area contributed by atoms with Gasteiger partial charge in [0.05, 0.1) is 16.3 Å². The van der Waals surface area contributed by atoms with E-state index in [9.17, 15) is 9.59 Å². The van der Waals surface area contributed by atoms with Crippen molar-refractivity contribution in [1.82, 2.24) is 0 Å². The lowest BCUT2D eigenvalue weighted by Gasteiger charge is -2.19. The molecule has 2 amide bonds. The van der Waals surface area contributed by atoms with Gasteiger partial charge in [-0.05, 0) is 42.5 Å². The van der Waals surface area contributed by atoms with E-state index in [1.54, 1.807) is 4.90 Å². The maximum absolute atomic E-state index is 12.8. The van der Waals surface area contributed by atoms with E-state index in [1.807, 2.05) is 55.5 Å². The van der Waals surface area contributed by atoms with Gasteiger partial charge in [0.25, 0.3) is 5.91 Å². The molecule has 0 aliphatic carbocycles. The molecule has 0 unspecified atom stereocenters. The molecule has 0 atom stereocenters. The first kappa shape index (κ1) is 15.8. The number of anilines is 2. The van der Waals surface area contributed by atoms with Crippen LogP contribution in [0.25, 0.3) is 10.1 Å². The molecule has 2 aromatic carbocycles. The fourth-order valence-corrected chi connectivity index (χ4v) is 4.39. The monoisotopic (exact) mass is 350 g/mol. The zero-order chi connectivity index (χ0) is 17.4. The van der Waals surface area contributed by atoms with E-state index >= 15 is 0 Å². The summed E-state index contributed by atoms with van der Waals surface area (Å²) in [5.74, 6) is -0.0162. The highest BCUT2D eigenvalue weighted by molar-refractivity contribution is 7.21. The number of amides is 2. The van der Waals surface area contributed by atoms with E-state index in [0.717, 1.165) is 27.8 Å². The van der Waals surface area contributed by atoms with Crippen molar-refractivity contribution in [3.8, 4) is 0 Å². The summed E-state index contributed by atoms with van der Waals surface area (Å²) in [7, 11) is 0. The number of carbonyl (C=O) groups excluding carboxylic acids is 2. The molecule has 5 heteroatoms. The SMILES string of the molecule is Cc1c(C(=O)Nc2ccccc2N2CCCC2=O)sc2ccccc12. The third-order valence-electron chi connectivity index (χ3n) is 4.57. The van der Waals surface area contributed by atoms with Crippen LogP contribution in [0.4, 0.5) is 11.4 Å². The molecule has 1 aliphatic rings. The lowest BCUT2D eigenvalue weighted by molar-refractivity contribution is -0.117. The van der Waals surface area contributed by atoms with Gasteiger partial charge >= 0.3 is 0 Å². The number of nitrogens with zero attached hydrogens (tertiary/aromatic N) is 1. The van der Waals surface area contributed by atoms with Crippen LogP contribution in [0.1, 0.15) is 28.1 Å². The molecule has 2 heterocycles. The molecule has 0 spiro atoms. The Morgan fingerprint density at radius 1 is 1.12 bits per heavy atom. The second kappa shape index (κ2) is 6.33. The second-order valence-electron chi connectivity index (χ2n) is 6.17. The standard InChI is InChI=1S/C20H18N2O2S/c1-13-14-7-2-5-10-17(14)25-19(13)20(24)21-15-8-3-4-9-16(15)22-12-6-11-18(22)23/h2-5,7-10H,6,11-12H2,1H3,(H,21,24). The van der Waals surface area contributed by atoms with Crippen LogP contribution in [-0.4, -0.2) is 18.4 Å². The Kier molecular flexibility index (Phi) is 4.01. The second-order valence-corrected chi connectivity index (χ2v) is 7.22. The van der Waals surface area contributed by atoms with Crippen molar-refractivity contribution >= 4 is 44.6 Å². The maximum Gasteiger partial charge on any atom is 0.266 e. The van der Waals surface area contributed by atoms with Gasteiger partial charge in [0, 0.05) is 17.7 Å². The minimum atomic E-state index is -0.127. The van der Waals surface area contributed by atoms with Gasteiger partial charge in [0.1, 0.15) is 0 Å². The number of hydrogen-bond donors (Lipinski definition) is 1. The topological polar surface area (TPSA) is 49.4 Å². The van der Waals surface area contributed by atoms with E-state index < -0.39 is 0 Å². The van der Waals surface area contributed by atoms with Crippen molar-refractivity contribution in [3.05, 3.63) is 59.0 Å². The van der Waals surface area contributed by atoms with Gasteiger partial charge in [0.2, 0.25) is 5.91 Å². The van der Waals surface area contributed by atoms with Gasteiger partial charge in [-0.3, -0.25) is 9.59 Å². The van der Waals surface area contributed by atoms with E-state index in [2.05, 4.69) is 5.32 Å². The molecule has 1 aliphatic heterocycles. The normalized spacial score (nSPS) is 14.3. The fraction of sp³-hybridized carbons (Fsp3) is 0.200. The molecular formula is C20H18N2O2S. The third kappa shape index (κ3) is 2.81. The highest BCUT2D eigenvalue weighted by Crippen LogP contribution is 2.33. The molecule has 3 aromatic rings. The lowest BCUT2D eigenvalue weighted by atomic mass is 10.1. The summed E-state index contributed by atoms with van der Waals surface area (Å²) in [5, 5.41) is 4.12. The van der Waals surface area contributed by atoms with Crippen molar-refractivity contribution in [2.75, 3.05) is 16.8 Å². The van der Waals surface area contributed by atoms with E-state index in [0.29, 0.717) is 23.5 Å². The van der Waals surface area contributed by atoms with Crippen molar-refractivity contribution < 1.29 is 9.59 Å². The molecule has 0 radical (unpaired) electrons. The summed E-state index contributed by atoms with van der Waals surface area (Å²) >= 11 is 1.50. The predicted octanol–water partition coefficient (Wildman–Crippen LogP) is 4.59. The Hall–Kier alpha value is -2.66. The van der Waals surface area contributed by atoms with Crippen LogP contribution in [-0.2, 0) is 4.79 Å². The fourth-order valence-electron chi connectivity index (χ4n) is 3.29. The van der Waals surface area contributed by atoms with Crippen LogP contribution in [0.2, 0.25) is 0 Å². The van der Waals surface area contributed by atoms with Crippen LogP contribution in [0.5, 0.6) is 0 Å². The number of thiophene rings is 1. The molecule has 1 fully saturated rings. The average molecular weight is 350 g/mol. The number of benzene rings is 2. The molecule has 25 heavy (non-hydrogen) atoms. The first-order chi connectivity index (χ1) is 12.1.